The second kappa shape index (κ2) is 10.2. The van der Waals surface area contributed by atoms with Gasteiger partial charge in [0.1, 0.15) is 11.6 Å². The first-order valence-corrected chi connectivity index (χ1v) is 12.0. The molecule has 2 aromatic carbocycles. The minimum absolute atomic E-state index is 0.176. The van der Waals surface area contributed by atoms with Crippen LogP contribution in [-0.4, -0.2) is 28.2 Å². The van der Waals surface area contributed by atoms with Gasteiger partial charge in [0.15, 0.2) is 4.80 Å². The van der Waals surface area contributed by atoms with Gasteiger partial charge in [-0.25, -0.2) is 8.78 Å². The molecule has 0 aliphatic rings. The number of fused-ring (bicyclic) bond motifs is 1. The van der Waals surface area contributed by atoms with Crippen LogP contribution in [0.4, 0.5) is 8.78 Å². The number of hydrogen-bond acceptors (Lipinski definition) is 4. The third-order valence-electron chi connectivity index (χ3n) is 4.00. The largest absolute Gasteiger partial charge is 0.316 e. The molecule has 0 radical (unpaired) electrons. The van der Waals surface area contributed by atoms with Gasteiger partial charge in [-0.05, 0) is 60.9 Å². The topological polar surface area (TPSA) is 34.4 Å². The number of carbonyl (C=O) groups excluding carboxylic acids is 1. The number of nitrogens with zero attached hydrogens (tertiary/aromatic N) is 2. The normalized spacial score (nSPS) is 12.0. The molecule has 3 nitrogen and oxygen atoms in total. The van der Waals surface area contributed by atoms with Gasteiger partial charge < -0.3 is 4.57 Å². The highest BCUT2D eigenvalue weighted by Gasteiger charge is 2.09. The van der Waals surface area contributed by atoms with Gasteiger partial charge in [0.05, 0.1) is 10.2 Å². The van der Waals surface area contributed by atoms with Crippen LogP contribution < -0.4 is 4.80 Å². The number of thiazole rings is 1. The van der Waals surface area contributed by atoms with Gasteiger partial charge in [0.25, 0.3) is 0 Å². The lowest BCUT2D eigenvalue weighted by Crippen LogP contribution is -2.18. The summed E-state index contributed by atoms with van der Waals surface area (Å²) < 4.78 is 29.2. The second-order valence-corrected chi connectivity index (χ2v) is 9.22. The molecule has 0 unspecified atom stereocenters. The number of amides is 1. The Morgan fingerprint density at radius 2 is 1.86 bits per heavy atom. The van der Waals surface area contributed by atoms with Crippen molar-refractivity contribution in [3.8, 4) is 0 Å². The maximum atomic E-state index is 13.5. The van der Waals surface area contributed by atoms with Crippen LogP contribution >= 0.6 is 34.9 Å². The maximum Gasteiger partial charge on any atom is 0.248 e. The Morgan fingerprint density at radius 3 is 2.61 bits per heavy atom. The van der Waals surface area contributed by atoms with Crippen molar-refractivity contribution in [1.82, 2.24) is 4.57 Å². The van der Waals surface area contributed by atoms with Gasteiger partial charge in [0.2, 0.25) is 5.91 Å². The number of aromatic nitrogens is 1. The lowest BCUT2D eigenvalue weighted by atomic mass is 10.3. The van der Waals surface area contributed by atoms with Crippen LogP contribution in [0, 0.1) is 11.6 Å². The summed E-state index contributed by atoms with van der Waals surface area (Å²) in [5, 5.41) is 0. The molecule has 0 fully saturated rings. The van der Waals surface area contributed by atoms with E-state index in [9.17, 15) is 13.6 Å². The molecule has 3 aromatic rings. The van der Waals surface area contributed by atoms with Gasteiger partial charge >= 0.3 is 0 Å². The van der Waals surface area contributed by atoms with Crippen LogP contribution in [0.2, 0.25) is 0 Å². The molecule has 1 heterocycles. The van der Waals surface area contributed by atoms with E-state index in [1.54, 1.807) is 41.7 Å². The van der Waals surface area contributed by atoms with Crippen molar-refractivity contribution in [1.29, 1.82) is 0 Å². The summed E-state index contributed by atoms with van der Waals surface area (Å²) in [5.41, 5.74) is 0.902. The molecule has 0 spiro atoms. The summed E-state index contributed by atoms with van der Waals surface area (Å²) >= 11 is 4.64. The number of halogens is 2. The van der Waals surface area contributed by atoms with Crippen molar-refractivity contribution in [3.63, 3.8) is 0 Å². The number of rotatable bonds is 8. The molecule has 1 aromatic heterocycles. The monoisotopic (exact) mass is 438 g/mol. The fourth-order valence-electron chi connectivity index (χ4n) is 2.64. The van der Waals surface area contributed by atoms with Gasteiger partial charge in [-0.15, -0.1) is 11.8 Å². The van der Waals surface area contributed by atoms with Crippen LogP contribution in [0.1, 0.15) is 12.8 Å². The summed E-state index contributed by atoms with van der Waals surface area (Å²) in [6.07, 6.45) is 3.06. The fraction of sp³-hybridized carbons (Fsp3) is 0.300. The molecule has 28 heavy (non-hydrogen) atoms. The molecule has 3 rings (SSSR count). The van der Waals surface area contributed by atoms with Crippen LogP contribution in [0.5, 0.6) is 0 Å². The van der Waals surface area contributed by atoms with Crippen LogP contribution in [0.25, 0.3) is 10.2 Å². The molecular formula is C20H20F2N2OS3. The second-order valence-electron chi connectivity index (χ2n) is 6.05. The smallest absolute Gasteiger partial charge is 0.248 e. The average Bonchev–Trinajstić information content (AvgIpc) is 3.00. The van der Waals surface area contributed by atoms with Gasteiger partial charge in [-0.1, -0.05) is 11.3 Å². The van der Waals surface area contributed by atoms with E-state index in [1.165, 1.54) is 35.6 Å². The summed E-state index contributed by atoms with van der Waals surface area (Å²) in [4.78, 5) is 18.2. The number of thioether (sulfide) groups is 2. The highest BCUT2D eigenvalue weighted by Crippen LogP contribution is 2.20. The van der Waals surface area contributed by atoms with Gasteiger partial charge in [0, 0.05) is 23.6 Å². The predicted molar refractivity (Wildman–Crippen MR) is 115 cm³/mol. The average molecular weight is 439 g/mol. The van der Waals surface area contributed by atoms with Crippen molar-refractivity contribution >= 4 is 51.0 Å². The van der Waals surface area contributed by atoms with Crippen LogP contribution in [-0.2, 0) is 11.3 Å². The first-order valence-electron chi connectivity index (χ1n) is 8.80. The number of hydrogen-bond donors (Lipinski definition) is 0. The number of aryl methyl sites for hydroxylation is 1. The van der Waals surface area contributed by atoms with Crippen molar-refractivity contribution in [2.45, 2.75) is 24.3 Å². The third kappa shape index (κ3) is 5.68. The Labute approximate surface area is 174 Å². The first kappa shape index (κ1) is 21.1. The van der Waals surface area contributed by atoms with E-state index in [4.69, 9.17) is 0 Å². The number of benzene rings is 2. The maximum absolute atomic E-state index is 13.5. The Kier molecular flexibility index (Phi) is 7.70. The Hall–Kier alpha value is -1.64. The summed E-state index contributed by atoms with van der Waals surface area (Å²) in [6.45, 7) is 0.722. The highest BCUT2D eigenvalue weighted by molar-refractivity contribution is 7.99. The lowest BCUT2D eigenvalue weighted by Gasteiger charge is -2.03. The lowest BCUT2D eigenvalue weighted by molar-refractivity contribution is -0.118. The molecule has 0 N–H and O–H groups in total. The predicted octanol–water partition coefficient (Wildman–Crippen LogP) is 5.34. The minimum atomic E-state index is -0.290. The van der Waals surface area contributed by atoms with Crippen molar-refractivity contribution < 1.29 is 13.6 Å². The molecule has 0 atom stereocenters. The van der Waals surface area contributed by atoms with E-state index in [2.05, 4.69) is 4.99 Å². The Morgan fingerprint density at radius 1 is 1.11 bits per heavy atom. The third-order valence-corrected chi connectivity index (χ3v) is 6.73. The summed E-state index contributed by atoms with van der Waals surface area (Å²) in [7, 11) is 0. The molecule has 0 saturated heterocycles. The van der Waals surface area contributed by atoms with E-state index in [1.807, 2.05) is 10.8 Å². The molecule has 0 bridgehead atoms. The molecule has 0 aliphatic carbocycles. The van der Waals surface area contributed by atoms with E-state index in [0.29, 0.717) is 17.6 Å². The quantitative estimate of drug-likeness (QED) is 0.351. The van der Waals surface area contributed by atoms with Crippen molar-refractivity contribution in [2.75, 3.05) is 17.8 Å². The van der Waals surface area contributed by atoms with E-state index < -0.39 is 0 Å². The van der Waals surface area contributed by atoms with E-state index >= 15 is 0 Å². The zero-order chi connectivity index (χ0) is 19.9. The van der Waals surface area contributed by atoms with Crippen molar-refractivity contribution in [2.24, 2.45) is 4.99 Å². The molecule has 1 amide bonds. The highest BCUT2D eigenvalue weighted by atomic mass is 32.2. The van der Waals surface area contributed by atoms with Gasteiger partial charge in [-0.3, -0.25) is 4.79 Å². The minimum Gasteiger partial charge on any atom is -0.316 e. The Bertz CT molecular complexity index is 1010. The van der Waals surface area contributed by atoms with Crippen LogP contribution in [0.3, 0.4) is 0 Å². The molecular weight excluding hydrogens is 418 g/mol. The van der Waals surface area contributed by atoms with E-state index in [0.717, 1.165) is 33.2 Å². The standard InChI is InChI=1S/C20H20F2N2OS3/c1-26-12-10-24-17-9-6-15(22)13-18(17)28-20(24)23-19(25)3-2-11-27-16-7-4-14(21)5-8-16/h4-9,13H,2-3,10-12H2,1H3. The Balaban J connectivity index is 1.66. The number of carbonyl (C=O) groups is 1. The zero-order valence-electron chi connectivity index (χ0n) is 15.4. The van der Waals surface area contributed by atoms with Crippen molar-refractivity contribution in [3.05, 3.63) is 58.9 Å². The van der Waals surface area contributed by atoms with Gasteiger partial charge in [-0.2, -0.15) is 16.8 Å². The zero-order valence-corrected chi connectivity index (χ0v) is 17.8. The van der Waals surface area contributed by atoms with Crippen LogP contribution in [0.15, 0.2) is 52.4 Å². The SMILES string of the molecule is CSCCn1c(=NC(=O)CCCSc2ccc(F)cc2)sc2cc(F)ccc21. The summed E-state index contributed by atoms with van der Waals surface area (Å²) in [5.74, 6) is 0.929. The molecule has 0 aliphatic heterocycles. The molecule has 148 valence electrons. The van der Waals surface area contributed by atoms with E-state index in [-0.39, 0.29) is 17.5 Å². The first-order chi connectivity index (χ1) is 13.6. The molecule has 0 saturated carbocycles. The summed E-state index contributed by atoms with van der Waals surface area (Å²) in [6, 6.07) is 11.0. The molecule has 8 heteroatoms. The fourth-order valence-corrected chi connectivity index (χ4v) is 4.95.